The maximum atomic E-state index is 9.66. The molecule has 0 spiro atoms. The zero-order chi connectivity index (χ0) is 13.8. The van der Waals surface area contributed by atoms with E-state index >= 15 is 0 Å². The third-order valence-corrected chi connectivity index (χ3v) is 3.75. The number of aliphatic hydroxyl groups is 1. The van der Waals surface area contributed by atoms with Crippen LogP contribution < -0.4 is 5.32 Å². The first-order chi connectivity index (χ1) is 9.04. The van der Waals surface area contributed by atoms with Gasteiger partial charge in [0, 0.05) is 18.5 Å². The van der Waals surface area contributed by atoms with Crippen LogP contribution in [0.5, 0.6) is 0 Å². The SMILES string of the molecule is CC(C)c1nc(Cl)cc(NCC2CCCC(O)C2)n1. The van der Waals surface area contributed by atoms with Crippen LogP contribution in [-0.2, 0) is 0 Å². The third-order valence-electron chi connectivity index (χ3n) is 3.56. The van der Waals surface area contributed by atoms with E-state index in [1.807, 2.05) is 13.8 Å². The number of nitrogens with one attached hydrogen (secondary N) is 1. The van der Waals surface area contributed by atoms with Crippen LogP contribution in [-0.4, -0.2) is 27.7 Å². The van der Waals surface area contributed by atoms with Gasteiger partial charge in [0.1, 0.15) is 16.8 Å². The smallest absolute Gasteiger partial charge is 0.135 e. The molecule has 19 heavy (non-hydrogen) atoms. The van der Waals surface area contributed by atoms with Crippen LogP contribution in [0.15, 0.2) is 6.07 Å². The number of hydrogen-bond donors (Lipinski definition) is 2. The Kier molecular flexibility index (Phi) is 4.99. The summed E-state index contributed by atoms with van der Waals surface area (Å²) in [6, 6.07) is 1.76. The predicted octanol–water partition coefficient (Wildman–Crippen LogP) is 3.22. The molecule has 1 heterocycles. The molecule has 1 aliphatic rings. The fourth-order valence-electron chi connectivity index (χ4n) is 2.48. The Morgan fingerprint density at radius 3 is 2.89 bits per heavy atom. The van der Waals surface area contributed by atoms with Gasteiger partial charge in [-0.05, 0) is 25.2 Å². The quantitative estimate of drug-likeness (QED) is 0.833. The number of hydrogen-bond acceptors (Lipinski definition) is 4. The summed E-state index contributed by atoms with van der Waals surface area (Å²) in [5.41, 5.74) is 0. The van der Waals surface area contributed by atoms with Gasteiger partial charge < -0.3 is 10.4 Å². The molecule has 1 aromatic heterocycles. The Labute approximate surface area is 119 Å². The molecule has 0 radical (unpaired) electrons. The number of anilines is 1. The van der Waals surface area contributed by atoms with Crippen LogP contribution >= 0.6 is 11.6 Å². The van der Waals surface area contributed by atoms with E-state index in [9.17, 15) is 5.11 Å². The molecule has 2 rings (SSSR count). The summed E-state index contributed by atoms with van der Waals surface area (Å²) in [5.74, 6) is 2.32. The van der Waals surface area contributed by atoms with Gasteiger partial charge in [0.25, 0.3) is 0 Å². The third kappa shape index (κ3) is 4.32. The highest BCUT2D eigenvalue weighted by Crippen LogP contribution is 2.25. The normalized spacial score (nSPS) is 23.6. The minimum absolute atomic E-state index is 0.138. The molecule has 0 aromatic carbocycles. The fraction of sp³-hybridized carbons (Fsp3) is 0.714. The molecule has 0 bridgehead atoms. The second-order valence-electron chi connectivity index (χ2n) is 5.66. The highest BCUT2D eigenvalue weighted by atomic mass is 35.5. The second-order valence-corrected chi connectivity index (χ2v) is 6.04. The highest BCUT2D eigenvalue weighted by Gasteiger charge is 2.20. The number of aliphatic hydroxyl groups excluding tert-OH is 1. The van der Waals surface area contributed by atoms with Crippen LogP contribution in [0.4, 0.5) is 5.82 Å². The monoisotopic (exact) mass is 283 g/mol. The Hall–Kier alpha value is -0.870. The van der Waals surface area contributed by atoms with Crippen LogP contribution in [0, 0.1) is 5.92 Å². The molecule has 1 saturated carbocycles. The zero-order valence-electron chi connectivity index (χ0n) is 11.6. The molecule has 4 nitrogen and oxygen atoms in total. The summed E-state index contributed by atoms with van der Waals surface area (Å²) in [6.07, 6.45) is 3.95. The molecule has 0 amide bonds. The van der Waals surface area contributed by atoms with Crippen molar-refractivity contribution in [3.63, 3.8) is 0 Å². The summed E-state index contributed by atoms with van der Waals surface area (Å²) >= 11 is 6.01. The molecule has 2 atom stereocenters. The summed E-state index contributed by atoms with van der Waals surface area (Å²) in [5, 5.41) is 13.5. The molecular formula is C14H22ClN3O. The lowest BCUT2D eigenvalue weighted by Gasteiger charge is -2.26. The van der Waals surface area contributed by atoms with Crippen molar-refractivity contribution in [2.45, 2.75) is 51.6 Å². The van der Waals surface area contributed by atoms with Gasteiger partial charge >= 0.3 is 0 Å². The van der Waals surface area contributed by atoms with E-state index in [4.69, 9.17) is 11.6 Å². The molecule has 5 heteroatoms. The van der Waals surface area contributed by atoms with Crippen LogP contribution in [0.2, 0.25) is 5.15 Å². The van der Waals surface area contributed by atoms with Crippen LogP contribution in [0.25, 0.3) is 0 Å². The van der Waals surface area contributed by atoms with Gasteiger partial charge in [-0.25, -0.2) is 9.97 Å². The van der Waals surface area contributed by atoms with Crippen molar-refractivity contribution in [1.82, 2.24) is 9.97 Å². The minimum Gasteiger partial charge on any atom is -0.393 e. The molecule has 1 aliphatic carbocycles. The first kappa shape index (κ1) is 14.5. The summed E-state index contributed by atoms with van der Waals surface area (Å²) in [7, 11) is 0. The molecule has 2 unspecified atom stereocenters. The van der Waals surface area contributed by atoms with Gasteiger partial charge in [0.15, 0.2) is 0 Å². The standard InChI is InChI=1S/C14H22ClN3O/c1-9(2)14-17-12(15)7-13(18-14)16-8-10-4-3-5-11(19)6-10/h7,9-11,19H,3-6,8H2,1-2H3,(H,16,17,18). The lowest BCUT2D eigenvalue weighted by atomic mass is 9.87. The number of nitrogens with zero attached hydrogens (tertiary/aromatic N) is 2. The largest absolute Gasteiger partial charge is 0.393 e. The molecular weight excluding hydrogens is 262 g/mol. The minimum atomic E-state index is -0.138. The van der Waals surface area contributed by atoms with E-state index in [1.54, 1.807) is 6.07 Å². The molecule has 1 fully saturated rings. The van der Waals surface area contributed by atoms with E-state index in [1.165, 1.54) is 6.42 Å². The Morgan fingerprint density at radius 1 is 1.42 bits per heavy atom. The van der Waals surface area contributed by atoms with E-state index in [0.29, 0.717) is 11.1 Å². The average Bonchev–Trinajstić information content (AvgIpc) is 2.36. The van der Waals surface area contributed by atoms with E-state index in [2.05, 4.69) is 15.3 Å². The Morgan fingerprint density at radius 2 is 2.21 bits per heavy atom. The summed E-state index contributed by atoms with van der Waals surface area (Å²) in [6.45, 7) is 4.93. The molecule has 106 valence electrons. The summed E-state index contributed by atoms with van der Waals surface area (Å²) in [4.78, 5) is 8.68. The van der Waals surface area contributed by atoms with E-state index in [0.717, 1.165) is 37.4 Å². The molecule has 2 N–H and O–H groups in total. The van der Waals surface area contributed by atoms with Gasteiger partial charge in [-0.1, -0.05) is 31.9 Å². The van der Waals surface area contributed by atoms with E-state index < -0.39 is 0 Å². The topological polar surface area (TPSA) is 58.0 Å². The first-order valence-corrected chi connectivity index (χ1v) is 7.39. The fourth-order valence-corrected chi connectivity index (χ4v) is 2.67. The van der Waals surface area contributed by atoms with Gasteiger partial charge in [0.05, 0.1) is 6.10 Å². The molecule has 0 aliphatic heterocycles. The van der Waals surface area contributed by atoms with Gasteiger partial charge in [-0.2, -0.15) is 0 Å². The van der Waals surface area contributed by atoms with E-state index in [-0.39, 0.29) is 12.0 Å². The van der Waals surface area contributed by atoms with Crippen molar-refractivity contribution < 1.29 is 5.11 Å². The van der Waals surface area contributed by atoms with Gasteiger partial charge in [-0.15, -0.1) is 0 Å². The van der Waals surface area contributed by atoms with Crippen molar-refractivity contribution in [2.24, 2.45) is 5.92 Å². The number of rotatable bonds is 4. The summed E-state index contributed by atoms with van der Waals surface area (Å²) < 4.78 is 0. The highest BCUT2D eigenvalue weighted by molar-refractivity contribution is 6.29. The number of aromatic nitrogens is 2. The van der Waals surface area contributed by atoms with Crippen LogP contribution in [0.1, 0.15) is 51.3 Å². The van der Waals surface area contributed by atoms with Gasteiger partial charge in [-0.3, -0.25) is 0 Å². The number of halogens is 1. The predicted molar refractivity (Wildman–Crippen MR) is 77.6 cm³/mol. The van der Waals surface area contributed by atoms with Crippen molar-refractivity contribution in [3.05, 3.63) is 17.0 Å². The van der Waals surface area contributed by atoms with Crippen molar-refractivity contribution in [3.8, 4) is 0 Å². The second kappa shape index (κ2) is 6.53. The molecule has 1 aromatic rings. The maximum absolute atomic E-state index is 9.66. The molecule has 0 saturated heterocycles. The first-order valence-electron chi connectivity index (χ1n) is 7.01. The zero-order valence-corrected chi connectivity index (χ0v) is 12.3. The average molecular weight is 284 g/mol. The van der Waals surface area contributed by atoms with Crippen LogP contribution in [0.3, 0.4) is 0 Å². The Bertz CT molecular complexity index is 425. The maximum Gasteiger partial charge on any atom is 0.135 e. The van der Waals surface area contributed by atoms with Crippen molar-refractivity contribution in [1.29, 1.82) is 0 Å². The lowest BCUT2D eigenvalue weighted by molar-refractivity contribution is 0.104. The van der Waals surface area contributed by atoms with Crippen molar-refractivity contribution in [2.75, 3.05) is 11.9 Å². The Balaban J connectivity index is 1.95. The van der Waals surface area contributed by atoms with Crippen molar-refractivity contribution >= 4 is 17.4 Å². The lowest BCUT2D eigenvalue weighted by Crippen LogP contribution is -2.25. The van der Waals surface area contributed by atoms with Gasteiger partial charge in [0.2, 0.25) is 0 Å².